The maximum absolute atomic E-state index is 13.1. The lowest BCUT2D eigenvalue weighted by molar-refractivity contribution is -0.245. The summed E-state index contributed by atoms with van der Waals surface area (Å²) in [7, 11) is 0. The van der Waals surface area contributed by atoms with E-state index in [1.54, 1.807) is 24.3 Å². The molecule has 9 heteroatoms. The summed E-state index contributed by atoms with van der Waals surface area (Å²) >= 11 is 1.52. The number of carbonyl (C=O) groups is 2. The molecule has 0 unspecified atom stereocenters. The highest BCUT2D eigenvalue weighted by Crippen LogP contribution is 2.42. The quantitative estimate of drug-likeness (QED) is 0.102. The summed E-state index contributed by atoms with van der Waals surface area (Å²) in [4.78, 5) is 32.4. The molecule has 0 bridgehead atoms. The van der Waals surface area contributed by atoms with Crippen LogP contribution in [0, 0.1) is 0 Å². The van der Waals surface area contributed by atoms with Gasteiger partial charge in [0.25, 0.3) is 17.0 Å². The van der Waals surface area contributed by atoms with E-state index in [1.807, 2.05) is 127 Å². The Kier molecular flexibility index (Phi) is 10.4. The highest BCUT2D eigenvalue weighted by atomic mass is 32.2. The third-order valence-corrected chi connectivity index (χ3v) is 11.3. The van der Waals surface area contributed by atoms with E-state index in [9.17, 15) is 14.7 Å². The van der Waals surface area contributed by atoms with Crippen molar-refractivity contribution in [3.63, 3.8) is 0 Å². The van der Waals surface area contributed by atoms with Gasteiger partial charge in [-0.05, 0) is 52.1 Å². The van der Waals surface area contributed by atoms with Gasteiger partial charge in [0.15, 0.2) is 12.1 Å². The zero-order valence-electron chi connectivity index (χ0n) is 30.9. The molecule has 1 fully saturated rings. The number of rotatable bonds is 11. The molecule has 9 rings (SSSR count). The largest absolute Gasteiger partial charge is 0.431 e. The number of aliphatic hydroxyl groups is 1. The molecule has 57 heavy (non-hydrogen) atoms. The molecule has 0 radical (unpaired) electrons. The molecule has 0 spiro atoms. The number of amides is 2. The summed E-state index contributed by atoms with van der Waals surface area (Å²) in [6, 6.07) is 50.9. The molecule has 282 valence electrons. The molecule has 2 amide bonds. The Morgan fingerprint density at radius 2 is 1.26 bits per heavy atom. The Morgan fingerprint density at radius 3 is 1.96 bits per heavy atom. The second kappa shape index (κ2) is 16.2. The fourth-order valence-corrected chi connectivity index (χ4v) is 8.25. The molecule has 8 nitrogen and oxygen atoms in total. The summed E-state index contributed by atoms with van der Waals surface area (Å²) < 4.78 is 19.9. The first-order chi connectivity index (χ1) is 28.0. The fraction of sp³-hybridized carbons (Fsp3) is 0.146. The van der Waals surface area contributed by atoms with Crippen molar-refractivity contribution in [2.24, 2.45) is 0 Å². The van der Waals surface area contributed by atoms with E-state index >= 15 is 0 Å². The maximum Gasteiger partial charge on any atom is 0.261 e. The van der Waals surface area contributed by atoms with Crippen LogP contribution in [0.25, 0.3) is 33.7 Å². The van der Waals surface area contributed by atoms with Gasteiger partial charge >= 0.3 is 0 Å². The number of nitrogens with zero attached hydrogens (tertiary/aromatic N) is 2. The van der Waals surface area contributed by atoms with Gasteiger partial charge in [0.1, 0.15) is 5.69 Å². The van der Waals surface area contributed by atoms with Gasteiger partial charge in [-0.15, -0.1) is 0 Å². The minimum absolute atomic E-state index is 0.0326. The van der Waals surface area contributed by atoms with Crippen molar-refractivity contribution in [1.82, 2.24) is 9.88 Å². The van der Waals surface area contributed by atoms with Crippen molar-refractivity contribution in [2.75, 3.05) is 5.75 Å². The molecule has 0 aliphatic carbocycles. The smallest absolute Gasteiger partial charge is 0.261 e. The average molecular weight is 771 g/mol. The van der Waals surface area contributed by atoms with Crippen molar-refractivity contribution >= 4 is 23.6 Å². The number of fused-ring (bicyclic) bond motifs is 1. The van der Waals surface area contributed by atoms with Crippen LogP contribution < -0.4 is 0 Å². The number of imide groups is 1. The fourth-order valence-electron chi connectivity index (χ4n) is 7.41. The van der Waals surface area contributed by atoms with Crippen molar-refractivity contribution in [3.05, 3.63) is 191 Å². The lowest BCUT2D eigenvalue weighted by Gasteiger charge is -2.36. The Bertz CT molecular complexity index is 2450. The van der Waals surface area contributed by atoms with E-state index in [2.05, 4.69) is 6.07 Å². The molecule has 7 aromatic rings. The summed E-state index contributed by atoms with van der Waals surface area (Å²) in [5.74, 6) is 0.743. The summed E-state index contributed by atoms with van der Waals surface area (Å²) in [6.07, 6.45) is -0.537. The van der Waals surface area contributed by atoms with Crippen LogP contribution in [0.4, 0.5) is 0 Å². The van der Waals surface area contributed by atoms with E-state index in [4.69, 9.17) is 18.9 Å². The molecular formula is C48H38N2O6S. The number of aromatic nitrogens is 1. The van der Waals surface area contributed by atoms with Crippen LogP contribution in [-0.2, 0) is 22.6 Å². The SMILES string of the molecule is O=C1c2ccccc2C(=O)N1Cc1cccc(-c2cccc([C@H]3O[C@@H](CSc4nc(-c5ccccc5)c(-c5ccccc5)o4)C[C@@H](c4ccc(CO)cc4)O3)c2)c1. The normalized spacial score (nSPS) is 17.8. The molecular weight excluding hydrogens is 733 g/mol. The number of carbonyl (C=O) groups excluding carboxylic acids is 2. The number of oxazole rings is 1. The molecule has 2 aliphatic heterocycles. The molecule has 3 atom stereocenters. The van der Waals surface area contributed by atoms with Gasteiger partial charge in [0.2, 0.25) is 0 Å². The van der Waals surface area contributed by atoms with Crippen LogP contribution >= 0.6 is 11.8 Å². The van der Waals surface area contributed by atoms with Crippen molar-refractivity contribution < 1.29 is 28.6 Å². The first-order valence-corrected chi connectivity index (χ1v) is 19.9. The lowest BCUT2D eigenvalue weighted by atomic mass is 9.99. The number of ether oxygens (including phenoxy) is 2. The summed E-state index contributed by atoms with van der Waals surface area (Å²) in [5, 5.41) is 10.2. The minimum atomic E-state index is -0.669. The van der Waals surface area contributed by atoms with Crippen LogP contribution in [0.1, 0.15) is 61.8 Å². The van der Waals surface area contributed by atoms with Crippen LogP contribution in [0.5, 0.6) is 0 Å². The highest BCUT2D eigenvalue weighted by molar-refractivity contribution is 7.99. The molecule has 3 heterocycles. The van der Waals surface area contributed by atoms with Gasteiger partial charge in [-0.25, -0.2) is 4.98 Å². The van der Waals surface area contributed by atoms with E-state index in [-0.39, 0.29) is 37.2 Å². The van der Waals surface area contributed by atoms with E-state index in [1.165, 1.54) is 16.7 Å². The molecule has 0 saturated carbocycles. The van der Waals surface area contributed by atoms with Gasteiger partial charge in [-0.3, -0.25) is 14.5 Å². The van der Waals surface area contributed by atoms with Crippen molar-refractivity contribution in [3.8, 4) is 33.7 Å². The van der Waals surface area contributed by atoms with Crippen LogP contribution in [-0.4, -0.2) is 38.7 Å². The van der Waals surface area contributed by atoms with Gasteiger partial charge in [0.05, 0.1) is 36.5 Å². The van der Waals surface area contributed by atoms with Gasteiger partial charge in [-0.1, -0.05) is 145 Å². The molecule has 1 saturated heterocycles. The summed E-state index contributed by atoms with van der Waals surface area (Å²) in [6.45, 7) is 0.143. The first-order valence-electron chi connectivity index (χ1n) is 18.9. The number of hydrogen-bond acceptors (Lipinski definition) is 8. The minimum Gasteiger partial charge on any atom is -0.431 e. The first kappa shape index (κ1) is 36.5. The number of benzene rings is 6. The zero-order chi connectivity index (χ0) is 38.7. The molecule has 1 aromatic heterocycles. The lowest BCUT2D eigenvalue weighted by Crippen LogP contribution is -2.31. The van der Waals surface area contributed by atoms with Crippen molar-refractivity contribution in [2.45, 2.75) is 43.3 Å². The highest BCUT2D eigenvalue weighted by Gasteiger charge is 2.35. The Balaban J connectivity index is 0.968. The maximum atomic E-state index is 13.1. The van der Waals surface area contributed by atoms with Crippen LogP contribution in [0.2, 0.25) is 0 Å². The van der Waals surface area contributed by atoms with Gasteiger partial charge in [0, 0.05) is 28.9 Å². The number of hydrogen-bond donors (Lipinski definition) is 1. The van der Waals surface area contributed by atoms with Crippen LogP contribution in [0.3, 0.4) is 0 Å². The number of thioether (sulfide) groups is 1. The average Bonchev–Trinajstić information content (AvgIpc) is 3.81. The van der Waals surface area contributed by atoms with E-state index in [0.29, 0.717) is 28.5 Å². The second-order valence-corrected chi connectivity index (χ2v) is 15.1. The molecule has 2 aliphatic rings. The molecule has 1 N–H and O–H groups in total. The van der Waals surface area contributed by atoms with E-state index in [0.717, 1.165) is 56.0 Å². The third kappa shape index (κ3) is 7.70. The second-order valence-electron chi connectivity index (χ2n) is 14.1. The van der Waals surface area contributed by atoms with Gasteiger partial charge in [-0.2, -0.15) is 0 Å². The zero-order valence-corrected chi connectivity index (χ0v) is 31.7. The summed E-state index contributed by atoms with van der Waals surface area (Å²) in [5.41, 5.74) is 9.04. The Hall–Kier alpha value is -6.10. The van der Waals surface area contributed by atoms with Crippen molar-refractivity contribution in [1.29, 1.82) is 0 Å². The van der Waals surface area contributed by atoms with Crippen LogP contribution in [0.15, 0.2) is 167 Å². The monoisotopic (exact) mass is 770 g/mol. The Labute approximate surface area is 334 Å². The predicted molar refractivity (Wildman–Crippen MR) is 219 cm³/mol. The third-order valence-electron chi connectivity index (χ3n) is 10.3. The standard InChI is InChI=1S/C48H38N2O6S/c51-29-31-21-23-33(24-22-31)42-27-39(30-57-48-49-43(34-12-3-1-4-13-34)44(56-48)35-14-5-2-6-15-35)54-47(55-42)38-18-10-17-37(26-38)36-16-9-11-32(25-36)28-50-45(52)40-19-7-8-20-41(40)46(50)53/h1-26,39,42,47,51H,27-30H2/t39-,42+,47+/m1/s1. The van der Waals surface area contributed by atoms with E-state index < -0.39 is 6.29 Å². The van der Waals surface area contributed by atoms with Gasteiger partial charge < -0.3 is 19.0 Å². The predicted octanol–water partition coefficient (Wildman–Crippen LogP) is 10.3. The topological polar surface area (TPSA) is 102 Å². The Morgan fingerprint density at radius 1 is 0.632 bits per heavy atom. The molecule has 6 aromatic carbocycles. The number of aliphatic hydroxyl groups excluding tert-OH is 1.